The van der Waals surface area contributed by atoms with Crippen molar-refractivity contribution in [3.63, 3.8) is 0 Å². The van der Waals surface area contributed by atoms with Gasteiger partial charge in [-0.1, -0.05) is 20.8 Å². The zero-order valence-corrected chi connectivity index (χ0v) is 12.8. The van der Waals surface area contributed by atoms with Gasteiger partial charge in [-0.15, -0.1) is 0 Å². The zero-order chi connectivity index (χ0) is 15.6. The van der Waals surface area contributed by atoms with Crippen LogP contribution in [0.2, 0.25) is 0 Å². The third-order valence-corrected chi connectivity index (χ3v) is 3.58. The van der Waals surface area contributed by atoms with Gasteiger partial charge in [0.15, 0.2) is 0 Å². The molecule has 1 aliphatic rings. The van der Waals surface area contributed by atoms with Crippen LogP contribution in [0.25, 0.3) is 0 Å². The highest BCUT2D eigenvalue weighted by Crippen LogP contribution is 2.30. The summed E-state index contributed by atoms with van der Waals surface area (Å²) in [5.41, 5.74) is 7.03. The van der Waals surface area contributed by atoms with Gasteiger partial charge in [0.25, 0.3) is 0 Å². The molecule has 1 aromatic rings. The van der Waals surface area contributed by atoms with Crippen LogP contribution in [0, 0.1) is 11.3 Å². The van der Waals surface area contributed by atoms with E-state index in [0.29, 0.717) is 5.69 Å². The molecule has 0 saturated heterocycles. The average Bonchev–Trinajstić information content (AvgIpc) is 3.23. The highest BCUT2D eigenvalue weighted by molar-refractivity contribution is 5.96. The average molecular weight is 289 g/mol. The summed E-state index contributed by atoms with van der Waals surface area (Å²) in [6.45, 7) is 5.77. The van der Waals surface area contributed by atoms with Crippen LogP contribution in [-0.2, 0) is 9.59 Å². The van der Waals surface area contributed by atoms with E-state index in [2.05, 4.69) is 10.6 Å². The molecule has 1 fully saturated rings. The second-order valence-electron chi connectivity index (χ2n) is 6.67. The molecular formula is C16H23N3O2. The monoisotopic (exact) mass is 289 g/mol. The topological polar surface area (TPSA) is 84.2 Å². The van der Waals surface area contributed by atoms with Crippen LogP contribution in [0.4, 0.5) is 11.4 Å². The van der Waals surface area contributed by atoms with E-state index >= 15 is 0 Å². The summed E-state index contributed by atoms with van der Waals surface area (Å²) < 4.78 is 0. The van der Waals surface area contributed by atoms with Crippen molar-refractivity contribution >= 4 is 23.2 Å². The van der Waals surface area contributed by atoms with Crippen molar-refractivity contribution in [2.45, 2.75) is 39.7 Å². The van der Waals surface area contributed by atoms with Crippen LogP contribution in [0.15, 0.2) is 24.3 Å². The van der Waals surface area contributed by atoms with Crippen molar-refractivity contribution in [3.05, 3.63) is 24.3 Å². The molecule has 2 amide bonds. The third kappa shape index (κ3) is 4.29. The summed E-state index contributed by atoms with van der Waals surface area (Å²) in [5, 5.41) is 5.64. The molecule has 0 unspecified atom stereocenters. The van der Waals surface area contributed by atoms with Gasteiger partial charge in [-0.2, -0.15) is 0 Å². The number of hydrogen-bond acceptors (Lipinski definition) is 3. The minimum Gasteiger partial charge on any atom is -0.326 e. The van der Waals surface area contributed by atoms with Crippen molar-refractivity contribution in [1.29, 1.82) is 0 Å². The van der Waals surface area contributed by atoms with E-state index in [4.69, 9.17) is 5.73 Å². The molecule has 0 bridgehead atoms. The first kappa shape index (κ1) is 15.5. The standard InChI is InChI=1S/C16H23N3O2/c1-16(2,3)13(17)15(21)19-12-8-6-11(7-9-12)18-14(20)10-4-5-10/h6-10,13H,4-5,17H2,1-3H3,(H,18,20)(H,19,21)/t13-/m1/s1. The van der Waals surface area contributed by atoms with E-state index in [1.807, 2.05) is 20.8 Å². The van der Waals surface area contributed by atoms with Gasteiger partial charge in [0.2, 0.25) is 11.8 Å². The number of hydrogen-bond donors (Lipinski definition) is 3. The molecule has 0 radical (unpaired) electrons. The Morgan fingerprint density at radius 1 is 1.10 bits per heavy atom. The Morgan fingerprint density at radius 2 is 1.57 bits per heavy atom. The molecule has 1 aromatic carbocycles. The lowest BCUT2D eigenvalue weighted by Gasteiger charge is -2.25. The second-order valence-corrected chi connectivity index (χ2v) is 6.67. The van der Waals surface area contributed by atoms with Gasteiger partial charge in [-0.25, -0.2) is 0 Å². The molecule has 1 atom stereocenters. The Labute approximate surface area is 125 Å². The van der Waals surface area contributed by atoms with Gasteiger partial charge in [0.1, 0.15) is 0 Å². The van der Waals surface area contributed by atoms with Crippen LogP contribution in [0.5, 0.6) is 0 Å². The quantitative estimate of drug-likeness (QED) is 0.795. The maximum Gasteiger partial charge on any atom is 0.241 e. The van der Waals surface area contributed by atoms with E-state index in [1.54, 1.807) is 24.3 Å². The summed E-state index contributed by atoms with van der Waals surface area (Å²) in [4.78, 5) is 23.7. The van der Waals surface area contributed by atoms with E-state index in [9.17, 15) is 9.59 Å². The normalized spacial score (nSPS) is 16.2. The highest BCUT2D eigenvalue weighted by Gasteiger charge is 2.29. The fourth-order valence-corrected chi connectivity index (χ4v) is 1.84. The minimum atomic E-state index is -0.577. The number of nitrogens with one attached hydrogen (secondary N) is 2. The van der Waals surface area contributed by atoms with E-state index in [-0.39, 0.29) is 23.1 Å². The Bertz CT molecular complexity index is 527. The van der Waals surface area contributed by atoms with Crippen LogP contribution < -0.4 is 16.4 Å². The predicted molar refractivity (Wildman–Crippen MR) is 83.9 cm³/mol. The summed E-state index contributed by atoms with van der Waals surface area (Å²) in [7, 11) is 0. The molecule has 0 aliphatic heterocycles. The first-order chi connectivity index (χ1) is 9.77. The molecule has 1 saturated carbocycles. The van der Waals surface area contributed by atoms with Gasteiger partial charge in [-0.3, -0.25) is 9.59 Å². The Hall–Kier alpha value is -1.88. The molecule has 5 heteroatoms. The van der Waals surface area contributed by atoms with Gasteiger partial charge >= 0.3 is 0 Å². The Kier molecular flexibility index (Phi) is 4.32. The van der Waals surface area contributed by atoms with Crippen molar-refractivity contribution in [1.82, 2.24) is 0 Å². The van der Waals surface area contributed by atoms with Gasteiger partial charge < -0.3 is 16.4 Å². The zero-order valence-electron chi connectivity index (χ0n) is 12.8. The van der Waals surface area contributed by atoms with Gasteiger partial charge in [0, 0.05) is 17.3 Å². The van der Waals surface area contributed by atoms with Gasteiger partial charge in [-0.05, 0) is 42.5 Å². The van der Waals surface area contributed by atoms with Crippen molar-refractivity contribution in [2.75, 3.05) is 10.6 Å². The van der Waals surface area contributed by atoms with Gasteiger partial charge in [0.05, 0.1) is 6.04 Å². The summed E-state index contributed by atoms with van der Waals surface area (Å²) in [5.74, 6) is 0.0352. The van der Waals surface area contributed by atoms with Crippen molar-refractivity contribution in [3.8, 4) is 0 Å². The largest absolute Gasteiger partial charge is 0.326 e. The maximum absolute atomic E-state index is 12.0. The highest BCUT2D eigenvalue weighted by atomic mass is 16.2. The molecule has 5 nitrogen and oxygen atoms in total. The first-order valence-corrected chi connectivity index (χ1v) is 7.25. The molecule has 21 heavy (non-hydrogen) atoms. The first-order valence-electron chi connectivity index (χ1n) is 7.25. The number of carbonyl (C=O) groups excluding carboxylic acids is 2. The van der Waals surface area contributed by atoms with E-state index < -0.39 is 6.04 Å². The number of anilines is 2. The molecule has 0 aromatic heterocycles. The van der Waals surface area contributed by atoms with E-state index in [1.165, 1.54) is 0 Å². The number of carbonyl (C=O) groups is 2. The molecule has 114 valence electrons. The van der Waals surface area contributed by atoms with E-state index in [0.717, 1.165) is 18.5 Å². The lowest BCUT2D eigenvalue weighted by atomic mass is 9.87. The number of nitrogens with two attached hydrogens (primary N) is 1. The van der Waals surface area contributed by atoms with Crippen LogP contribution >= 0.6 is 0 Å². The fourth-order valence-electron chi connectivity index (χ4n) is 1.84. The van der Waals surface area contributed by atoms with Crippen LogP contribution in [0.1, 0.15) is 33.6 Å². The lowest BCUT2D eigenvalue weighted by Crippen LogP contribution is -2.45. The second kappa shape index (κ2) is 5.85. The minimum absolute atomic E-state index is 0.0709. The molecule has 0 heterocycles. The van der Waals surface area contributed by atoms with Crippen molar-refractivity contribution in [2.24, 2.45) is 17.1 Å². The number of amides is 2. The number of rotatable bonds is 4. The number of benzene rings is 1. The molecule has 1 aliphatic carbocycles. The summed E-state index contributed by atoms with van der Waals surface area (Å²) in [6, 6.07) is 6.49. The Morgan fingerprint density at radius 3 is 2.00 bits per heavy atom. The maximum atomic E-state index is 12.0. The van der Waals surface area contributed by atoms with Crippen LogP contribution in [0.3, 0.4) is 0 Å². The molecular weight excluding hydrogens is 266 g/mol. The molecule has 0 spiro atoms. The Balaban J connectivity index is 1.92. The smallest absolute Gasteiger partial charge is 0.241 e. The molecule has 2 rings (SSSR count). The SMILES string of the molecule is CC(C)(C)[C@H](N)C(=O)Nc1ccc(NC(=O)C2CC2)cc1. The summed E-state index contributed by atoms with van der Waals surface area (Å²) in [6.07, 6.45) is 1.95. The predicted octanol–water partition coefficient (Wildman–Crippen LogP) is 2.35. The third-order valence-electron chi connectivity index (χ3n) is 3.58. The van der Waals surface area contributed by atoms with Crippen LogP contribution in [-0.4, -0.2) is 17.9 Å². The lowest BCUT2D eigenvalue weighted by molar-refractivity contribution is -0.119. The molecule has 4 N–H and O–H groups in total. The van der Waals surface area contributed by atoms with Crippen molar-refractivity contribution < 1.29 is 9.59 Å². The summed E-state index contributed by atoms with van der Waals surface area (Å²) >= 11 is 0. The fraction of sp³-hybridized carbons (Fsp3) is 0.500.